The summed E-state index contributed by atoms with van der Waals surface area (Å²) in [6.45, 7) is 5.04. The average molecular weight is 282 g/mol. The molecule has 0 amide bonds. The van der Waals surface area contributed by atoms with Crippen molar-refractivity contribution < 1.29 is 4.79 Å². The molecule has 0 aliphatic rings. The van der Waals surface area contributed by atoms with Crippen LogP contribution in [0.4, 0.5) is 0 Å². The number of carbonyl (C=O) groups excluding carboxylic acids is 1. The van der Waals surface area contributed by atoms with E-state index in [2.05, 4.69) is 15.0 Å². The van der Waals surface area contributed by atoms with Gasteiger partial charge in [-0.3, -0.25) is 14.2 Å². The maximum Gasteiger partial charge on any atom is 0.279 e. The third-order valence-electron chi connectivity index (χ3n) is 3.31. The highest BCUT2D eigenvalue weighted by molar-refractivity contribution is 5.94. The first-order valence-corrected chi connectivity index (χ1v) is 6.54. The summed E-state index contributed by atoms with van der Waals surface area (Å²) in [4.78, 5) is 34.8. The predicted molar refractivity (Wildman–Crippen MR) is 79.0 cm³/mol. The van der Waals surface area contributed by atoms with Crippen molar-refractivity contribution in [3.63, 3.8) is 0 Å². The van der Waals surface area contributed by atoms with Gasteiger partial charge < -0.3 is 4.98 Å². The number of aromatic amines is 1. The fourth-order valence-electron chi connectivity index (χ4n) is 2.36. The largest absolute Gasteiger partial charge is 0.309 e. The first-order valence-electron chi connectivity index (χ1n) is 6.54. The summed E-state index contributed by atoms with van der Waals surface area (Å²) in [5, 5.41) is 0. The number of hydrogen-bond acceptors (Lipinski definition) is 4. The van der Waals surface area contributed by atoms with Gasteiger partial charge in [-0.25, -0.2) is 9.97 Å². The highest BCUT2D eigenvalue weighted by atomic mass is 16.1. The van der Waals surface area contributed by atoms with Gasteiger partial charge >= 0.3 is 0 Å². The number of carbonyl (C=O) groups is 1. The van der Waals surface area contributed by atoms with Gasteiger partial charge in [0.15, 0.2) is 16.9 Å². The molecule has 0 saturated carbocycles. The summed E-state index contributed by atoms with van der Waals surface area (Å²) >= 11 is 0. The van der Waals surface area contributed by atoms with Crippen LogP contribution in [0.25, 0.3) is 16.9 Å². The van der Waals surface area contributed by atoms with Crippen molar-refractivity contribution >= 4 is 16.9 Å². The van der Waals surface area contributed by atoms with Gasteiger partial charge in [-0.1, -0.05) is 12.1 Å². The smallest absolute Gasteiger partial charge is 0.279 e. The summed E-state index contributed by atoms with van der Waals surface area (Å²) in [6.07, 6.45) is 0. The average Bonchev–Trinajstić information content (AvgIpc) is 2.75. The zero-order valence-electron chi connectivity index (χ0n) is 12.0. The number of aromatic nitrogens is 4. The van der Waals surface area contributed by atoms with Gasteiger partial charge in [0, 0.05) is 11.3 Å². The van der Waals surface area contributed by atoms with Crippen LogP contribution in [0.1, 0.15) is 28.9 Å². The molecule has 0 bridgehead atoms. The molecule has 1 N–H and O–H groups in total. The molecule has 6 heteroatoms. The molecule has 1 aromatic carbocycles. The Bertz CT molecular complexity index is 921. The van der Waals surface area contributed by atoms with Crippen molar-refractivity contribution in [2.45, 2.75) is 20.8 Å². The van der Waals surface area contributed by atoms with E-state index >= 15 is 0 Å². The van der Waals surface area contributed by atoms with Gasteiger partial charge in [0.05, 0.1) is 0 Å². The number of aryl methyl sites for hydroxylation is 2. The number of benzene rings is 1. The standard InChI is InChI=1S/C15H14N4O2/c1-8(20)11-5-4-6-12(7-11)19-10(3)18-13-14(19)16-9(2)17-15(13)21/h4-7H,1-3H3,(H,16,17,21). The summed E-state index contributed by atoms with van der Waals surface area (Å²) in [6, 6.07) is 7.19. The van der Waals surface area contributed by atoms with Crippen LogP contribution in [-0.2, 0) is 0 Å². The van der Waals surface area contributed by atoms with E-state index in [-0.39, 0.29) is 11.3 Å². The SMILES string of the molecule is CC(=O)c1cccc(-n2c(C)nc3c(=O)[nH]c(C)nc32)c1. The molecule has 0 saturated heterocycles. The third kappa shape index (κ3) is 2.14. The Morgan fingerprint density at radius 1 is 1.24 bits per heavy atom. The van der Waals surface area contributed by atoms with Gasteiger partial charge in [0.1, 0.15) is 11.6 Å². The number of fused-ring (bicyclic) bond motifs is 1. The molecule has 106 valence electrons. The minimum Gasteiger partial charge on any atom is -0.309 e. The van der Waals surface area contributed by atoms with Crippen LogP contribution >= 0.6 is 0 Å². The lowest BCUT2D eigenvalue weighted by Gasteiger charge is -2.07. The van der Waals surface area contributed by atoms with Crippen LogP contribution in [0.5, 0.6) is 0 Å². The topological polar surface area (TPSA) is 80.6 Å². The maximum absolute atomic E-state index is 11.9. The summed E-state index contributed by atoms with van der Waals surface area (Å²) in [5.41, 5.74) is 1.90. The summed E-state index contributed by atoms with van der Waals surface area (Å²) in [7, 11) is 0. The van der Waals surface area contributed by atoms with Crippen molar-refractivity contribution in [1.82, 2.24) is 19.5 Å². The molecule has 0 aliphatic carbocycles. The Hall–Kier alpha value is -2.76. The van der Waals surface area contributed by atoms with Crippen molar-refractivity contribution in [3.8, 4) is 5.69 Å². The van der Waals surface area contributed by atoms with Crippen LogP contribution < -0.4 is 5.56 Å². The number of nitrogens with zero attached hydrogens (tertiary/aromatic N) is 3. The fraction of sp³-hybridized carbons (Fsp3) is 0.200. The molecule has 2 aromatic heterocycles. The minimum absolute atomic E-state index is 0.0130. The Balaban J connectivity index is 2.35. The first-order chi connectivity index (χ1) is 9.97. The minimum atomic E-state index is -0.262. The first kappa shape index (κ1) is 13.2. The number of ketones is 1. The van der Waals surface area contributed by atoms with Crippen molar-refractivity contribution in [2.24, 2.45) is 0 Å². The van der Waals surface area contributed by atoms with E-state index in [1.165, 1.54) is 6.92 Å². The van der Waals surface area contributed by atoms with Gasteiger partial charge in [-0.05, 0) is 32.9 Å². The lowest BCUT2D eigenvalue weighted by Crippen LogP contribution is -2.10. The predicted octanol–water partition coefficient (Wildman–Crippen LogP) is 1.93. The van der Waals surface area contributed by atoms with Crippen LogP contribution in [0.3, 0.4) is 0 Å². The summed E-state index contributed by atoms with van der Waals surface area (Å²) in [5.74, 6) is 1.16. The fourth-order valence-corrected chi connectivity index (χ4v) is 2.36. The normalized spacial score (nSPS) is 11.0. The number of nitrogens with one attached hydrogen (secondary N) is 1. The number of Topliss-reactive ketones (excluding diaryl/α,β-unsaturated/α-hetero) is 1. The molecule has 0 fully saturated rings. The van der Waals surface area contributed by atoms with Gasteiger partial charge in [0.25, 0.3) is 5.56 Å². The zero-order chi connectivity index (χ0) is 15.1. The number of hydrogen-bond donors (Lipinski definition) is 1. The quantitative estimate of drug-likeness (QED) is 0.728. The second-order valence-electron chi connectivity index (χ2n) is 4.92. The lowest BCUT2D eigenvalue weighted by atomic mass is 10.1. The molecular formula is C15H14N4O2. The molecule has 0 unspecified atom stereocenters. The van der Waals surface area contributed by atoms with E-state index in [4.69, 9.17) is 0 Å². The van der Waals surface area contributed by atoms with E-state index in [1.54, 1.807) is 36.6 Å². The molecule has 2 heterocycles. The van der Waals surface area contributed by atoms with Crippen molar-refractivity contribution in [3.05, 3.63) is 51.8 Å². The second kappa shape index (κ2) is 4.66. The van der Waals surface area contributed by atoms with Gasteiger partial charge in [-0.2, -0.15) is 0 Å². The summed E-state index contributed by atoms with van der Waals surface area (Å²) < 4.78 is 1.78. The Morgan fingerprint density at radius 2 is 2.00 bits per heavy atom. The monoisotopic (exact) mass is 282 g/mol. The van der Waals surface area contributed by atoms with Crippen molar-refractivity contribution in [1.29, 1.82) is 0 Å². The molecular weight excluding hydrogens is 268 g/mol. The number of imidazole rings is 1. The Labute approximate surface area is 120 Å². The van der Waals surface area contributed by atoms with E-state index < -0.39 is 0 Å². The van der Waals surface area contributed by atoms with Crippen molar-refractivity contribution in [2.75, 3.05) is 0 Å². The molecule has 0 spiro atoms. The van der Waals surface area contributed by atoms with Crippen LogP contribution in [0.2, 0.25) is 0 Å². The molecule has 3 aromatic rings. The molecule has 6 nitrogen and oxygen atoms in total. The second-order valence-corrected chi connectivity index (χ2v) is 4.92. The van der Waals surface area contributed by atoms with Crippen LogP contribution in [-0.4, -0.2) is 25.3 Å². The van der Waals surface area contributed by atoms with E-state index in [0.29, 0.717) is 28.4 Å². The lowest BCUT2D eigenvalue weighted by molar-refractivity contribution is 0.101. The molecule has 3 rings (SSSR count). The molecule has 21 heavy (non-hydrogen) atoms. The van der Waals surface area contributed by atoms with Gasteiger partial charge in [0.2, 0.25) is 0 Å². The molecule has 0 atom stereocenters. The van der Waals surface area contributed by atoms with Crippen LogP contribution in [0, 0.1) is 13.8 Å². The maximum atomic E-state index is 11.9. The number of H-pyrrole nitrogens is 1. The number of rotatable bonds is 2. The Kier molecular flexibility index (Phi) is 2.94. The Morgan fingerprint density at radius 3 is 2.71 bits per heavy atom. The van der Waals surface area contributed by atoms with E-state index in [1.807, 2.05) is 6.07 Å². The van der Waals surface area contributed by atoms with E-state index in [9.17, 15) is 9.59 Å². The highest BCUT2D eigenvalue weighted by Crippen LogP contribution is 2.19. The highest BCUT2D eigenvalue weighted by Gasteiger charge is 2.14. The van der Waals surface area contributed by atoms with Crippen LogP contribution in [0.15, 0.2) is 29.1 Å². The van der Waals surface area contributed by atoms with Gasteiger partial charge in [-0.15, -0.1) is 0 Å². The third-order valence-corrected chi connectivity index (χ3v) is 3.31. The van der Waals surface area contributed by atoms with E-state index in [0.717, 1.165) is 5.69 Å². The zero-order valence-corrected chi connectivity index (χ0v) is 12.0. The molecule has 0 aliphatic heterocycles. The molecule has 0 radical (unpaired) electrons.